The number of carbonyl (C=O) groups is 2. The Hall–Kier alpha value is -3.09. The molecule has 0 atom stereocenters. The highest BCUT2D eigenvalue weighted by Crippen LogP contribution is 2.22. The zero-order valence-electron chi connectivity index (χ0n) is 15.1. The van der Waals surface area contributed by atoms with Crippen LogP contribution in [-0.4, -0.2) is 47.9 Å². The summed E-state index contributed by atoms with van der Waals surface area (Å²) in [5.41, 5.74) is 0. The van der Waals surface area contributed by atoms with E-state index in [0.29, 0.717) is 36.9 Å². The molecule has 7 heteroatoms. The molecule has 7 nitrogen and oxygen atoms in total. The first-order valence-corrected chi connectivity index (χ1v) is 9.07. The van der Waals surface area contributed by atoms with Crippen molar-refractivity contribution in [2.45, 2.75) is 19.3 Å². The van der Waals surface area contributed by atoms with Gasteiger partial charge in [0, 0.05) is 38.3 Å². The van der Waals surface area contributed by atoms with E-state index in [4.69, 9.17) is 9.47 Å². The molecule has 2 amide bonds. The Morgan fingerprint density at radius 2 is 1.96 bits per heavy atom. The molecular formula is C20H23N3O4. The number of aromatic nitrogens is 1. The van der Waals surface area contributed by atoms with E-state index in [0.717, 1.165) is 19.4 Å². The summed E-state index contributed by atoms with van der Waals surface area (Å²) in [7, 11) is 0. The Morgan fingerprint density at radius 3 is 2.67 bits per heavy atom. The van der Waals surface area contributed by atoms with Crippen molar-refractivity contribution in [1.29, 1.82) is 0 Å². The van der Waals surface area contributed by atoms with Crippen LogP contribution in [0.5, 0.6) is 17.4 Å². The van der Waals surface area contributed by atoms with E-state index in [9.17, 15) is 9.59 Å². The number of benzene rings is 1. The van der Waals surface area contributed by atoms with Gasteiger partial charge >= 0.3 is 0 Å². The Labute approximate surface area is 158 Å². The molecule has 1 aliphatic rings. The van der Waals surface area contributed by atoms with Gasteiger partial charge in [-0.05, 0) is 43.2 Å². The third-order valence-electron chi connectivity index (χ3n) is 4.15. The van der Waals surface area contributed by atoms with Crippen LogP contribution in [0.2, 0.25) is 0 Å². The van der Waals surface area contributed by atoms with Gasteiger partial charge in [0.15, 0.2) is 6.61 Å². The molecule has 0 unspecified atom stereocenters. The lowest BCUT2D eigenvalue weighted by Gasteiger charge is -2.15. The lowest BCUT2D eigenvalue weighted by Crippen LogP contribution is -2.33. The van der Waals surface area contributed by atoms with Gasteiger partial charge in [0.1, 0.15) is 11.5 Å². The molecule has 1 aromatic heterocycles. The molecule has 3 rings (SSSR count). The van der Waals surface area contributed by atoms with Crippen LogP contribution in [-0.2, 0) is 9.59 Å². The molecule has 1 aromatic carbocycles. The molecule has 0 radical (unpaired) electrons. The van der Waals surface area contributed by atoms with Crippen molar-refractivity contribution < 1.29 is 19.1 Å². The lowest BCUT2D eigenvalue weighted by atomic mass is 10.3. The SMILES string of the molecule is O=C(COc1ccc(Oc2ccccn2)cc1)NCCCN1CCCC1=O. The smallest absolute Gasteiger partial charge is 0.257 e. The number of nitrogens with one attached hydrogen (secondary N) is 1. The molecule has 1 saturated heterocycles. The van der Waals surface area contributed by atoms with E-state index >= 15 is 0 Å². The van der Waals surface area contributed by atoms with Crippen molar-refractivity contribution in [2.75, 3.05) is 26.2 Å². The van der Waals surface area contributed by atoms with Gasteiger partial charge in [-0.2, -0.15) is 0 Å². The van der Waals surface area contributed by atoms with Crippen molar-refractivity contribution in [3.63, 3.8) is 0 Å². The van der Waals surface area contributed by atoms with Gasteiger partial charge in [-0.25, -0.2) is 4.98 Å². The summed E-state index contributed by atoms with van der Waals surface area (Å²) in [6.45, 7) is 2.00. The van der Waals surface area contributed by atoms with Crippen molar-refractivity contribution in [3.8, 4) is 17.4 Å². The summed E-state index contributed by atoms with van der Waals surface area (Å²) < 4.78 is 11.1. The highest BCUT2D eigenvalue weighted by atomic mass is 16.5. The van der Waals surface area contributed by atoms with E-state index in [1.54, 1.807) is 36.5 Å². The summed E-state index contributed by atoms with van der Waals surface area (Å²) in [5.74, 6) is 1.76. The lowest BCUT2D eigenvalue weighted by molar-refractivity contribution is -0.127. The summed E-state index contributed by atoms with van der Waals surface area (Å²) >= 11 is 0. The minimum Gasteiger partial charge on any atom is -0.484 e. The van der Waals surface area contributed by atoms with Crippen LogP contribution in [0.3, 0.4) is 0 Å². The first-order valence-electron chi connectivity index (χ1n) is 9.07. The van der Waals surface area contributed by atoms with Gasteiger partial charge in [-0.3, -0.25) is 9.59 Å². The number of pyridine rings is 1. The van der Waals surface area contributed by atoms with Crippen LogP contribution in [0.25, 0.3) is 0 Å². The van der Waals surface area contributed by atoms with Crippen molar-refractivity contribution in [3.05, 3.63) is 48.7 Å². The predicted molar refractivity (Wildman–Crippen MR) is 99.7 cm³/mol. The molecule has 0 saturated carbocycles. The first-order chi connectivity index (χ1) is 13.2. The summed E-state index contributed by atoms with van der Waals surface area (Å²) in [6, 6.07) is 12.4. The molecular weight excluding hydrogens is 346 g/mol. The minimum atomic E-state index is -0.184. The molecule has 1 aliphatic heterocycles. The second-order valence-electron chi connectivity index (χ2n) is 6.22. The number of carbonyl (C=O) groups excluding carboxylic acids is 2. The van der Waals surface area contributed by atoms with E-state index in [1.807, 2.05) is 17.0 Å². The zero-order chi connectivity index (χ0) is 18.9. The quantitative estimate of drug-likeness (QED) is 0.687. The molecule has 2 aromatic rings. The van der Waals surface area contributed by atoms with Crippen LogP contribution in [0.15, 0.2) is 48.7 Å². The predicted octanol–water partition coefficient (Wildman–Crippen LogP) is 2.38. The fourth-order valence-corrected chi connectivity index (χ4v) is 2.77. The van der Waals surface area contributed by atoms with Gasteiger partial charge in [-0.1, -0.05) is 6.07 Å². The number of ether oxygens (including phenoxy) is 2. The average Bonchev–Trinajstić information content (AvgIpc) is 3.10. The Kier molecular flexibility index (Phi) is 6.62. The number of likely N-dealkylation sites (tertiary alicyclic amines) is 1. The fraction of sp³-hybridized carbons (Fsp3) is 0.350. The molecule has 2 heterocycles. The fourth-order valence-electron chi connectivity index (χ4n) is 2.77. The third-order valence-corrected chi connectivity index (χ3v) is 4.15. The molecule has 0 bridgehead atoms. The number of hydrogen-bond donors (Lipinski definition) is 1. The zero-order valence-corrected chi connectivity index (χ0v) is 15.1. The van der Waals surface area contributed by atoms with Gasteiger partial charge in [0.25, 0.3) is 5.91 Å². The van der Waals surface area contributed by atoms with E-state index in [-0.39, 0.29) is 18.4 Å². The number of hydrogen-bond acceptors (Lipinski definition) is 5. The maximum Gasteiger partial charge on any atom is 0.257 e. The molecule has 142 valence electrons. The second kappa shape index (κ2) is 9.56. The van der Waals surface area contributed by atoms with Crippen LogP contribution >= 0.6 is 0 Å². The van der Waals surface area contributed by atoms with Gasteiger partial charge in [0.2, 0.25) is 11.8 Å². The number of rotatable bonds is 9. The molecule has 0 spiro atoms. The largest absolute Gasteiger partial charge is 0.484 e. The first kappa shape index (κ1) is 18.7. The van der Waals surface area contributed by atoms with E-state index < -0.39 is 0 Å². The van der Waals surface area contributed by atoms with Crippen LogP contribution < -0.4 is 14.8 Å². The number of nitrogens with zero attached hydrogens (tertiary/aromatic N) is 2. The maximum atomic E-state index is 11.8. The van der Waals surface area contributed by atoms with Crippen LogP contribution in [0.4, 0.5) is 0 Å². The highest BCUT2D eigenvalue weighted by Gasteiger charge is 2.18. The summed E-state index contributed by atoms with van der Waals surface area (Å²) in [4.78, 5) is 29.3. The van der Waals surface area contributed by atoms with Gasteiger partial charge in [0.05, 0.1) is 0 Å². The Morgan fingerprint density at radius 1 is 1.15 bits per heavy atom. The Bertz CT molecular complexity index is 750. The second-order valence-corrected chi connectivity index (χ2v) is 6.22. The topological polar surface area (TPSA) is 80.8 Å². The highest BCUT2D eigenvalue weighted by molar-refractivity contribution is 5.78. The third kappa shape index (κ3) is 5.99. The van der Waals surface area contributed by atoms with Crippen LogP contribution in [0.1, 0.15) is 19.3 Å². The number of amides is 2. The van der Waals surface area contributed by atoms with Crippen LogP contribution in [0, 0.1) is 0 Å². The molecule has 1 N–H and O–H groups in total. The molecule has 1 fully saturated rings. The van der Waals surface area contributed by atoms with E-state index in [1.165, 1.54) is 0 Å². The van der Waals surface area contributed by atoms with E-state index in [2.05, 4.69) is 10.3 Å². The summed E-state index contributed by atoms with van der Waals surface area (Å²) in [6.07, 6.45) is 3.99. The standard InChI is InChI=1S/C20H23N3O4/c24-18(21-12-4-14-23-13-3-6-20(23)25)15-26-16-7-9-17(10-8-16)27-19-5-1-2-11-22-19/h1-2,5,7-11H,3-4,6,12-15H2,(H,21,24). The average molecular weight is 369 g/mol. The van der Waals surface area contributed by atoms with Crippen molar-refractivity contribution >= 4 is 11.8 Å². The van der Waals surface area contributed by atoms with Crippen molar-refractivity contribution in [2.24, 2.45) is 0 Å². The Balaban J connectivity index is 1.33. The summed E-state index contributed by atoms with van der Waals surface area (Å²) in [5, 5.41) is 2.80. The molecule has 0 aliphatic carbocycles. The monoisotopic (exact) mass is 369 g/mol. The van der Waals surface area contributed by atoms with Gasteiger partial charge in [-0.15, -0.1) is 0 Å². The van der Waals surface area contributed by atoms with Gasteiger partial charge < -0.3 is 19.7 Å². The maximum absolute atomic E-state index is 11.8. The molecule has 27 heavy (non-hydrogen) atoms. The minimum absolute atomic E-state index is 0.0525. The normalized spacial score (nSPS) is 13.5. The van der Waals surface area contributed by atoms with Crippen molar-refractivity contribution in [1.82, 2.24) is 15.2 Å².